The first-order valence-corrected chi connectivity index (χ1v) is 9.79. The molecule has 0 radical (unpaired) electrons. The summed E-state index contributed by atoms with van der Waals surface area (Å²) in [5.41, 5.74) is 4.18. The molecular formula is C25H24O4. The van der Waals surface area contributed by atoms with Gasteiger partial charge in [0.15, 0.2) is 0 Å². The summed E-state index contributed by atoms with van der Waals surface area (Å²) >= 11 is 0. The zero-order chi connectivity index (χ0) is 20.6. The van der Waals surface area contributed by atoms with Gasteiger partial charge in [0.25, 0.3) is 0 Å². The molecule has 0 spiro atoms. The van der Waals surface area contributed by atoms with Crippen molar-refractivity contribution in [3.63, 3.8) is 0 Å². The van der Waals surface area contributed by atoms with Gasteiger partial charge in [-0.2, -0.15) is 0 Å². The van der Waals surface area contributed by atoms with E-state index in [0.29, 0.717) is 23.5 Å². The minimum atomic E-state index is -0.375. The first-order valence-electron chi connectivity index (χ1n) is 9.79. The third-order valence-electron chi connectivity index (χ3n) is 4.52. The Morgan fingerprint density at radius 2 is 1.21 bits per heavy atom. The van der Waals surface area contributed by atoms with Crippen LogP contribution in [0.4, 0.5) is 0 Å². The average Bonchev–Trinajstić information content (AvgIpc) is 2.75. The first-order chi connectivity index (χ1) is 14.1. The summed E-state index contributed by atoms with van der Waals surface area (Å²) in [6, 6.07) is 22.0. The molecule has 3 aromatic rings. The number of carbonyl (C=O) groups excluding carboxylic acids is 2. The van der Waals surface area contributed by atoms with E-state index >= 15 is 0 Å². The molecule has 148 valence electrons. The van der Waals surface area contributed by atoms with E-state index < -0.39 is 0 Å². The van der Waals surface area contributed by atoms with E-state index in [0.717, 1.165) is 24.0 Å². The van der Waals surface area contributed by atoms with Crippen molar-refractivity contribution in [1.82, 2.24) is 0 Å². The summed E-state index contributed by atoms with van der Waals surface area (Å²) in [4.78, 5) is 24.1. The molecular weight excluding hydrogens is 364 g/mol. The number of carbonyl (C=O) groups is 2. The highest BCUT2D eigenvalue weighted by Gasteiger charge is 2.10. The second kappa shape index (κ2) is 9.69. The summed E-state index contributed by atoms with van der Waals surface area (Å²) in [7, 11) is 0. The van der Waals surface area contributed by atoms with E-state index in [4.69, 9.17) is 9.47 Å². The molecule has 0 amide bonds. The van der Waals surface area contributed by atoms with Gasteiger partial charge >= 0.3 is 11.9 Å². The Balaban J connectivity index is 1.65. The monoisotopic (exact) mass is 388 g/mol. The quantitative estimate of drug-likeness (QED) is 0.385. The van der Waals surface area contributed by atoms with Crippen molar-refractivity contribution in [1.29, 1.82) is 0 Å². The molecule has 0 N–H and O–H groups in total. The van der Waals surface area contributed by atoms with Gasteiger partial charge in [0, 0.05) is 0 Å². The molecule has 0 heterocycles. The first kappa shape index (κ1) is 20.3. The van der Waals surface area contributed by atoms with E-state index in [1.54, 1.807) is 43.3 Å². The molecule has 0 aliphatic heterocycles. The lowest BCUT2D eigenvalue weighted by atomic mass is 10.0. The van der Waals surface area contributed by atoms with Gasteiger partial charge in [-0.3, -0.25) is 0 Å². The third kappa shape index (κ3) is 5.32. The molecule has 0 saturated heterocycles. The Hall–Kier alpha value is -3.40. The standard InChI is InChI=1S/C25H24O4/c1-3-5-18-6-8-22(9-7-18)25(27)29-23-16-14-20(15-17-23)19-10-12-21(13-11-19)24(26)28-4-2/h6-17H,3-5H2,1-2H3. The number of esters is 2. The van der Waals surface area contributed by atoms with Crippen LogP contribution in [0.2, 0.25) is 0 Å². The highest BCUT2D eigenvalue weighted by molar-refractivity contribution is 5.91. The van der Waals surface area contributed by atoms with E-state index in [9.17, 15) is 9.59 Å². The Labute approximate surface area is 171 Å². The van der Waals surface area contributed by atoms with Crippen LogP contribution < -0.4 is 4.74 Å². The van der Waals surface area contributed by atoms with E-state index in [2.05, 4.69) is 6.92 Å². The molecule has 4 nitrogen and oxygen atoms in total. The van der Waals surface area contributed by atoms with Gasteiger partial charge in [-0.05, 0) is 66.4 Å². The lowest BCUT2D eigenvalue weighted by molar-refractivity contribution is 0.0526. The van der Waals surface area contributed by atoms with Gasteiger partial charge in [-0.1, -0.05) is 49.7 Å². The SMILES string of the molecule is CCCc1ccc(C(=O)Oc2ccc(-c3ccc(C(=O)OCC)cc3)cc2)cc1. The van der Waals surface area contributed by atoms with Crippen molar-refractivity contribution in [2.45, 2.75) is 26.7 Å². The van der Waals surface area contributed by atoms with Crippen LogP contribution in [0, 0.1) is 0 Å². The highest BCUT2D eigenvalue weighted by atomic mass is 16.5. The number of hydrogen-bond donors (Lipinski definition) is 0. The topological polar surface area (TPSA) is 52.6 Å². The maximum Gasteiger partial charge on any atom is 0.343 e. The molecule has 0 saturated carbocycles. The molecule has 3 aromatic carbocycles. The lowest BCUT2D eigenvalue weighted by Gasteiger charge is -2.07. The maximum atomic E-state index is 12.3. The van der Waals surface area contributed by atoms with E-state index in [1.807, 2.05) is 36.4 Å². The van der Waals surface area contributed by atoms with Gasteiger partial charge in [0.2, 0.25) is 0 Å². The minimum absolute atomic E-state index is 0.330. The fourth-order valence-corrected chi connectivity index (χ4v) is 2.99. The predicted octanol–water partition coefficient (Wildman–Crippen LogP) is 5.70. The summed E-state index contributed by atoms with van der Waals surface area (Å²) in [5, 5.41) is 0. The second-order valence-electron chi connectivity index (χ2n) is 6.66. The van der Waals surface area contributed by atoms with Gasteiger partial charge in [-0.15, -0.1) is 0 Å². The van der Waals surface area contributed by atoms with Crippen LogP contribution in [0.5, 0.6) is 5.75 Å². The van der Waals surface area contributed by atoms with Crippen molar-refractivity contribution >= 4 is 11.9 Å². The lowest BCUT2D eigenvalue weighted by Crippen LogP contribution is -2.08. The largest absolute Gasteiger partial charge is 0.462 e. The van der Waals surface area contributed by atoms with Gasteiger partial charge in [-0.25, -0.2) is 9.59 Å². The van der Waals surface area contributed by atoms with Crippen molar-refractivity contribution in [3.05, 3.63) is 89.5 Å². The number of benzene rings is 3. The second-order valence-corrected chi connectivity index (χ2v) is 6.66. The number of rotatable bonds is 7. The molecule has 4 heteroatoms. The van der Waals surface area contributed by atoms with Crippen molar-refractivity contribution in [2.75, 3.05) is 6.61 Å². The summed E-state index contributed by atoms with van der Waals surface area (Å²) < 4.78 is 10.5. The van der Waals surface area contributed by atoms with Crippen LogP contribution in [0.1, 0.15) is 46.5 Å². The fraction of sp³-hybridized carbons (Fsp3) is 0.200. The number of hydrogen-bond acceptors (Lipinski definition) is 4. The fourth-order valence-electron chi connectivity index (χ4n) is 2.99. The van der Waals surface area contributed by atoms with Gasteiger partial charge in [0.05, 0.1) is 17.7 Å². The van der Waals surface area contributed by atoms with Crippen LogP contribution in [0.3, 0.4) is 0 Å². The maximum absolute atomic E-state index is 12.3. The van der Waals surface area contributed by atoms with Crippen LogP contribution in [0.15, 0.2) is 72.8 Å². The molecule has 0 aromatic heterocycles. The number of ether oxygens (including phenoxy) is 2. The molecule has 0 atom stereocenters. The van der Waals surface area contributed by atoms with E-state index in [1.165, 1.54) is 5.56 Å². The summed E-state index contributed by atoms with van der Waals surface area (Å²) in [5.74, 6) is -0.219. The van der Waals surface area contributed by atoms with Crippen molar-refractivity contribution in [2.24, 2.45) is 0 Å². The molecule has 0 bridgehead atoms. The third-order valence-corrected chi connectivity index (χ3v) is 4.52. The predicted molar refractivity (Wildman–Crippen MR) is 113 cm³/mol. The molecule has 29 heavy (non-hydrogen) atoms. The van der Waals surface area contributed by atoms with Crippen LogP contribution in [-0.2, 0) is 11.2 Å². The van der Waals surface area contributed by atoms with E-state index in [-0.39, 0.29) is 11.9 Å². The molecule has 3 rings (SSSR count). The van der Waals surface area contributed by atoms with Crippen LogP contribution >= 0.6 is 0 Å². The average molecular weight is 388 g/mol. The Kier molecular flexibility index (Phi) is 6.80. The summed E-state index contributed by atoms with van der Waals surface area (Å²) in [6.07, 6.45) is 2.07. The Morgan fingerprint density at radius 3 is 1.76 bits per heavy atom. The minimum Gasteiger partial charge on any atom is -0.462 e. The van der Waals surface area contributed by atoms with Crippen LogP contribution in [0.25, 0.3) is 11.1 Å². The highest BCUT2D eigenvalue weighted by Crippen LogP contribution is 2.23. The molecule has 0 aliphatic rings. The van der Waals surface area contributed by atoms with Crippen molar-refractivity contribution in [3.8, 4) is 16.9 Å². The molecule has 0 aliphatic carbocycles. The Bertz CT molecular complexity index is 955. The van der Waals surface area contributed by atoms with Gasteiger partial charge in [0.1, 0.15) is 5.75 Å². The van der Waals surface area contributed by atoms with Crippen molar-refractivity contribution < 1.29 is 19.1 Å². The molecule has 0 fully saturated rings. The molecule has 0 unspecified atom stereocenters. The number of aryl methyl sites for hydroxylation is 1. The Morgan fingerprint density at radius 1 is 0.690 bits per heavy atom. The zero-order valence-electron chi connectivity index (χ0n) is 16.7. The van der Waals surface area contributed by atoms with Gasteiger partial charge < -0.3 is 9.47 Å². The normalized spacial score (nSPS) is 10.4. The van der Waals surface area contributed by atoms with Crippen LogP contribution in [-0.4, -0.2) is 18.5 Å². The summed E-state index contributed by atoms with van der Waals surface area (Å²) in [6.45, 7) is 4.26. The smallest absolute Gasteiger partial charge is 0.343 e. The zero-order valence-corrected chi connectivity index (χ0v) is 16.7.